The molecule has 11 heteroatoms. The van der Waals surface area contributed by atoms with Gasteiger partial charge in [0.05, 0.1) is 26.0 Å². The van der Waals surface area contributed by atoms with Gasteiger partial charge in [0.25, 0.3) is 0 Å². The highest BCUT2D eigenvalue weighted by Crippen LogP contribution is 2.47. The first kappa shape index (κ1) is 17.3. The lowest BCUT2D eigenvalue weighted by atomic mass is 10.3. The summed E-state index contributed by atoms with van der Waals surface area (Å²) in [5.41, 5.74) is 6.03. The van der Waals surface area contributed by atoms with Crippen molar-refractivity contribution in [2.45, 2.75) is 20.8 Å². The normalized spacial score (nSPS) is 11.8. The van der Waals surface area contributed by atoms with Gasteiger partial charge in [-0.05, 0) is 20.8 Å². The average molecular weight is 343 g/mol. The molecule has 0 aliphatic heterocycles. The average Bonchev–Trinajstić information content (AvgIpc) is 2.93. The van der Waals surface area contributed by atoms with Crippen LogP contribution in [0, 0.1) is 0 Å². The Kier molecular flexibility index (Phi) is 5.30. The largest absolute Gasteiger partial charge is 0.462 e. The summed E-state index contributed by atoms with van der Waals surface area (Å²) in [6.07, 6.45) is 1.26. The van der Waals surface area contributed by atoms with E-state index < -0.39 is 13.6 Å². The van der Waals surface area contributed by atoms with Crippen molar-refractivity contribution < 1.29 is 23.1 Å². The SMILES string of the molecule is CCOC(=O)c1cnn2c(N)c(P(=O)(OCC)OCC)nnc12. The van der Waals surface area contributed by atoms with E-state index in [1.807, 2.05) is 0 Å². The Labute approximate surface area is 132 Å². The Hall–Kier alpha value is -2.03. The van der Waals surface area contributed by atoms with Gasteiger partial charge in [0.15, 0.2) is 11.5 Å². The fourth-order valence-corrected chi connectivity index (χ4v) is 3.43. The maximum Gasteiger partial charge on any atom is 0.385 e. The van der Waals surface area contributed by atoms with E-state index in [-0.39, 0.29) is 42.3 Å². The zero-order chi connectivity index (χ0) is 17.0. The summed E-state index contributed by atoms with van der Waals surface area (Å²) >= 11 is 0. The van der Waals surface area contributed by atoms with E-state index in [0.29, 0.717) is 0 Å². The summed E-state index contributed by atoms with van der Waals surface area (Å²) in [4.78, 5) is 11.8. The Morgan fingerprint density at radius 3 is 2.43 bits per heavy atom. The van der Waals surface area contributed by atoms with Crippen molar-refractivity contribution in [3.63, 3.8) is 0 Å². The molecule has 2 heterocycles. The second-order valence-electron chi connectivity index (χ2n) is 4.26. The van der Waals surface area contributed by atoms with Gasteiger partial charge in [-0.15, -0.1) is 10.2 Å². The molecule has 0 amide bonds. The number of nitrogens with zero attached hydrogens (tertiary/aromatic N) is 4. The van der Waals surface area contributed by atoms with Crippen LogP contribution in [0.4, 0.5) is 5.82 Å². The summed E-state index contributed by atoms with van der Waals surface area (Å²) < 4.78 is 29.2. The number of carbonyl (C=O) groups is 1. The van der Waals surface area contributed by atoms with Crippen molar-refractivity contribution >= 4 is 30.5 Å². The summed E-state index contributed by atoms with van der Waals surface area (Å²) in [5.74, 6) is -0.669. The molecule has 0 aliphatic carbocycles. The van der Waals surface area contributed by atoms with Crippen molar-refractivity contribution in [1.29, 1.82) is 0 Å². The number of anilines is 1. The van der Waals surface area contributed by atoms with E-state index in [0.717, 1.165) is 4.52 Å². The lowest BCUT2D eigenvalue weighted by molar-refractivity contribution is 0.0528. The minimum Gasteiger partial charge on any atom is -0.462 e. The van der Waals surface area contributed by atoms with Gasteiger partial charge in [0, 0.05) is 0 Å². The zero-order valence-electron chi connectivity index (χ0n) is 13.1. The molecule has 0 saturated heterocycles. The fourth-order valence-electron chi connectivity index (χ4n) is 1.90. The molecule has 2 aromatic rings. The van der Waals surface area contributed by atoms with E-state index in [1.54, 1.807) is 20.8 Å². The third-order valence-corrected chi connectivity index (χ3v) is 4.83. The van der Waals surface area contributed by atoms with Crippen LogP contribution in [0.15, 0.2) is 6.20 Å². The lowest BCUT2D eigenvalue weighted by Crippen LogP contribution is -2.23. The Morgan fingerprint density at radius 1 is 1.22 bits per heavy atom. The van der Waals surface area contributed by atoms with Crippen LogP contribution in [-0.2, 0) is 18.3 Å². The van der Waals surface area contributed by atoms with Crippen LogP contribution in [0.3, 0.4) is 0 Å². The van der Waals surface area contributed by atoms with Crippen molar-refractivity contribution in [2.75, 3.05) is 25.6 Å². The number of esters is 1. The van der Waals surface area contributed by atoms with Crippen LogP contribution < -0.4 is 11.2 Å². The molecule has 0 bridgehead atoms. The van der Waals surface area contributed by atoms with Crippen LogP contribution in [0.1, 0.15) is 31.1 Å². The van der Waals surface area contributed by atoms with Crippen LogP contribution in [0.2, 0.25) is 0 Å². The van der Waals surface area contributed by atoms with Crippen LogP contribution in [0.5, 0.6) is 0 Å². The first-order chi connectivity index (χ1) is 11.0. The van der Waals surface area contributed by atoms with Crippen molar-refractivity contribution in [3.8, 4) is 0 Å². The van der Waals surface area contributed by atoms with E-state index in [1.165, 1.54) is 6.20 Å². The van der Waals surface area contributed by atoms with E-state index >= 15 is 0 Å². The molecule has 2 aromatic heterocycles. The molecule has 0 unspecified atom stereocenters. The molecule has 126 valence electrons. The van der Waals surface area contributed by atoms with Gasteiger partial charge < -0.3 is 19.5 Å². The highest BCUT2D eigenvalue weighted by molar-refractivity contribution is 7.62. The van der Waals surface area contributed by atoms with Crippen molar-refractivity contribution in [1.82, 2.24) is 19.8 Å². The maximum atomic E-state index is 12.8. The first-order valence-corrected chi connectivity index (χ1v) is 8.59. The second-order valence-corrected chi connectivity index (χ2v) is 6.19. The minimum absolute atomic E-state index is 0.0734. The Morgan fingerprint density at radius 2 is 1.87 bits per heavy atom. The number of hydrogen-bond donors (Lipinski definition) is 1. The second kappa shape index (κ2) is 7.03. The standard InChI is InChI=1S/C12H18N5O5P/c1-4-20-12(18)8-7-14-17-9(13)11(16-15-10(8)17)23(19,21-5-2)22-6-3/h7H,4-6,13H2,1-3H3. The van der Waals surface area contributed by atoms with Crippen LogP contribution in [-0.4, -0.2) is 45.6 Å². The predicted molar refractivity (Wildman–Crippen MR) is 81.6 cm³/mol. The molecule has 2 rings (SSSR count). The molecule has 0 atom stereocenters. The zero-order valence-corrected chi connectivity index (χ0v) is 13.9. The molecule has 2 N–H and O–H groups in total. The summed E-state index contributed by atoms with van der Waals surface area (Å²) in [7, 11) is -3.72. The van der Waals surface area contributed by atoms with Gasteiger partial charge >= 0.3 is 13.6 Å². The minimum atomic E-state index is -3.72. The number of rotatable bonds is 7. The molecule has 0 saturated carbocycles. The Bertz CT molecular complexity index is 752. The number of fused-ring (bicyclic) bond motifs is 1. The molecular weight excluding hydrogens is 325 g/mol. The molecule has 0 aliphatic rings. The molecule has 10 nitrogen and oxygen atoms in total. The summed E-state index contributed by atoms with van der Waals surface area (Å²) in [6.45, 7) is 5.51. The topological polar surface area (TPSA) is 131 Å². The third kappa shape index (κ3) is 3.19. The van der Waals surface area contributed by atoms with Crippen molar-refractivity contribution in [2.24, 2.45) is 0 Å². The van der Waals surface area contributed by atoms with Crippen molar-refractivity contribution in [3.05, 3.63) is 11.8 Å². The highest BCUT2D eigenvalue weighted by atomic mass is 31.2. The van der Waals surface area contributed by atoms with Gasteiger partial charge in [-0.3, -0.25) is 4.57 Å². The quantitative estimate of drug-likeness (QED) is 0.572. The molecular formula is C12H18N5O5P. The van der Waals surface area contributed by atoms with Crippen LogP contribution in [0.25, 0.3) is 5.65 Å². The molecule has 0 aromatic carbocycles. The van der Waals surface area contributed by atoms with E-state index in [9.17, 15) is 9.36 Å². The van der Waals surface area contributed by atoms with Gasteiger partial charge in [-0.2, -0.15) is 9.61 Å². The van der Waals surface area contributed by atoms with Gasteiger partial charge in [-0.1, -0.05) is 0 Å². The molecule has 0 radical (unpaired) electrons. The van der Waals surface area contributed by atoms with E-state index in [4.69, 9.17) is 19.5 Å². The number of hydrogen-bond acceptors (Lipinski definition) is 9. The van der Waals surface area contributed by atoms with Gasteiger partial charge in [-0.25, -0.2) is 4.79 Å². The van der Waals surface area contributed by atoms with Gasteiger partial charge in [0.1, 0.15) is 5.56 Å². The Balaban J connectivity index is 2.55. The number of nitrogens with two attached hydrogens (primary N) is 1. The fraction of sp³-hybridized carbons (Fsp3) is 0.500. The summed E-state index contributed by atoms with van der Waals surface area (Å²) in [6, 6.07) is 0. The number of nitrogen functional groups attached to an aromatic ring is 1. The number of carbonyl (C=O) groups excluding carboxylic acids is 1. The van der Waals surface area contributed by atoms with Crippen LogP contribution >= 0.6 is 7.60 Å². The maximum absolute atomic E-state index is 12.8. The number of ether oxygens (including phenoxy) is 1. The molecule has 23 heavy (non-hydrogen) atoms. The summed E-state index contributed by atoms with van der Waals surface area (Å²) in [5, 5.41) is 11.7. The number of aromatic nitrogens is 4. The first-order valence-electron chi connectivity index (χ1n) is 7.05. The van der Waals surface area contributed by atoms with Gasteiger partial charge in [0.2, 0.25) is 5.44 Å². The highest BCUT2D eigenvalue weighted by Gasteiger charge is 2.34. The molecule has 0 fully saturated rings. The lowest BCUT2D eigenvalue weighted by Gasteiger charge is -2.17. The van der Waals surface area contributed by atoms with E-state index in [2.05, 4.69) is 15.3 Å². The molecule has 0 spiro atoms. The third-order valence-electron chi connectivity index (χ3n) is 2.79. The predicted octanol–water partition coefficient (Wildman–Crippen LogP) is 0.775. The monoisotopic (exact) mass is 343 g/mol. The smallest absolute Gasteiger partial charge is 0.385 e.